The van der Waals surface area contributed by atoms with Crippen molar-refractivity contribution in [3.63, 3.8) is 0 Å². The van der Waals surface area contributed by atoms with Gasteiger partial charge in [-0.1, -0.05) is 12.8 Å². The van der Waals surface area contributed by atoms with Gasteiger partial charge in [-0.3, -0.25) is 0 Å². The highest BCUT2D eigenvalue weighted by atomic mass is 16.5. The van der Waals surface area contributed by atoms with Crippen LogP contribution in [0.2, 0.25) is 0 Å². The molecule has 0 spiro atoms. The molecule has 0 aliphatic heterocycles. The Hall–Kier alpha value is -1.42. The van der Waals surface area contributed by atoms with Gasteiger partial charge >= 0.3 is 0 Å². The Morgan fingerprint density at radius 1 is 1.41 bits per heavy atom. The Morgan fingerprint density at radius 3 is 2.71 bits per heavy atom. The minimum atomic E-state index is -0.166. The molecule has 0 bridgehead atoms. The maximum absolute atomic E-state index is 9.54. The van der Waals surface area contributed by atoms with Gasteiger partial charge in [0, 0.05) is 11.8 Å². The molecule has 1 saturated carbocycles. The molecule has 0 amide bonds. The fraction of sp³-hybridized carbons (Fsp3) is 0.538. The molecule has 0 saturated heterocycles. The van der Waals surface area contributed by atoms with Gasteiger partial charge in [0.25, 0.3) is 0 Å². The van der Waals surface area contributed by atoms with E-state index in [2.05, 4.69) is 5.32 Å². The van der Waals surface area contributed by atoms with Crippen molar-refractivity contribution in [2.24, 2.45) is 0 Å². The number of ether oxygens (including phenoxy) is 1. The zero-order chi connectivity index (χ0) is 12.3. The van der Waals surface area contributed by atoms with Crippen LogP contribution in [0.5, 0.6) is 5.75 Å². The molecular weight excluding hydrogens is 216 g/mol. The summed E-state index contributed by atoms with van der Waals surface area (Å²) in [4.78, 5) is 0. The lowest BCUT2D eigenvalue weighted by atomic mass is 9.98. The van der Waals surface area contributed by atoms with E-state index in [4.69, 9.17) is 10.5 Å². The van der Waals surface area contributed by atoms with Gasteiger partial charge in [0.05, 0.1) is 24.9 Å². The van der Waals surface area contributed by atoms with Crippen molar-refractivity contribution in [3.05, 3.63) is 18.2 Å². The van der Waals surface area contributed by atoms with Crippen molar-refractivity contribution in [2.45, 2.75) is 31.2 Å². The Morgan fingerprint density at radius 2 is 2.12 bits per heavy atom. The number of methoxy groups -OCH3 is 1. The number of benzene rings is 1. The predicted octanol–water partition coefficient (Wildman–Crippen LogP) is 1.99. The van der Waals surface area contributed by atoms with Gasteiger partial charge in [-0.2, -0.15) is 0 Å². The Bertz CT molecular complexity index is 387. The first kappa shape index (κ1) is 12.0. The van der Waals surface area contributed by atoms with Crippen molar-refractivity contribution in [3.8, 4) is 5.75 Å². The van der Waals surface area contributed by atoms with Crippen molar-refractivity contribution in [1.29, 1.82) is 0 Å². The smallest absolute Gasteiger partial charge is 0.143 e. The molecule has 94 valence electrons. The van der Waals surface area contributed by atoms with Gasteiger partial charge < -0.3 is 20.9 Å². The molecule has 0 unspecified atom stereocenters. The van der Waals surface area contributed by atoms with Crippen LogP contribution in [-0.4, -0.2) is 24.4 Å². The van der Waals surface area contributed by atoms with Crippen LogP contribution >= 0.6 is 0 Å². The van der Waals surface area contributed by atoms with Crippen LogP contribution in [0.25, 0.3) is 0 Å². The Balaban J connectivity index is 2.17. The van der Waals surface area contributed by atoms with Crippen LogP contribution in [0.15, 0.2) is 18.2 Å². The molecule has 0 heterocycles. The molecule has 4 heteroatoms. The third-order valence-corrected chi connectivity index (χ3v) is 3.51. The molecule has 17 heavy (non-hydrogen) atoms. The monoisotopic (exact) mass is 236 g/mol. The van der Waals surface area contributed by atoms with Gasteiger partial charge in [-0.15, -0.1) is 0 Å². The van der Waals surface area contributed by atoms with E-state index in [1.165, 1.54) is 12.8 Å². The minimum Gasteiger partial charge on any atom is -0.495 e. The number of anilines is 2. The van der Waals surface area contributed by atoms with E-state index in [0.717, 1.165) is 18.5 Å². The van der Waals surface area contributed by atoms with E-state index in [-0.39, 0.29) is 12.1 Å². The highest BCUT2D eigenvalue weighted by Gasteiger charge is 2.32. The number of hydrogen-bond acceptors (Lipinski definition) is 4. The molecule has 4 N–H and O–H groups in total. The summed E-state index contributed by atoms with van der Waals surface area (Å²) >= 11 is 0. The van der Waals surface area contributed by atoms with E-state index in [1.807, 2.05) is 18.2 Å². The van der Waals surface area contributed by atoms with Crippen LogP contribution < -0.4 is 15.8 Å². The van der Waals surface area contributed by atoms with E-state index >= 15 is 0 Å². The van der Waals surface area contributed by atoms with Gasteiger partial charge in [0.2, 0.25) is 0 Å². The number of nitrogen functional groups attached to an aromatic ring is 1. The molecule has 4 nitrogen and oxygen atoms in total. The van der Waals surface area contributed by atoms with Crippen LogP contribution in [-0.2, 0) is 0 Å². The second-order valence-corrected chi connectivity index (χ2v) is 4.73. The van der Waals surface area contributed by atoms with Crippen molar-refractivity contribution in [1.82, 2.24) is 0 Å². The van der Waals surface area contributed by atoms with E-state index in [9.17, 15) is 5.11 Å². The van der Waals surface area contributed by atoms with Gasteiger partial charge in [0.15, 0.2) is 0 Å². The molecule has 0 radical (unpaired) electrons. The number of nitrogens with two attached hydrogens (primary N) is 1. The average molecular weight is 236 g/mol. The van der Waals surface area contributed by atoms with Crippen LogP contribution in [0.4, 0.5) is 11.4 Å². The summed E-state index contributed by atoms with van der Waals surface area (Å²) in [5.41, 5.74) is 7.18. The predicted molar refractivity (Wildman–Crippen MR) is 69.3 cm³/mol. The SMILES string of the molecule is COc1cc(NC2(CO)CCCC2)ccc1N. The molecule has 0 aromatic heterocycles. The lowest BCUT2D eigenvalue weighted by Gasteiger charge is -2.29. The summed E-state index contributed by atoms with van der Waals surface area (Å²) in [7, 11) is 1.60. The Labute approximate surface area is 102 Å². The summed E-state index contributed by atoms with van der Waals surface area (Å²) < 4.78 is 5.19. The van der Waals surface area contributed by atoms with E-state index in [1.54, 1.807) is 7.11 Å². The summed E-state index contributed by atoms with van der Waals surface area (Å²) in [6.07, 6.45) is 4.35. The lowest BCUT2D eigenvalue weighted by molar-refractivity contribution is 0.214. The first-order valence-corrected chi connectivity index (χ1v) is 6.02. The normalized spacial score (nSPS) is 18.0. The van der Waals surface area contributed by atoms with Gasteiger partial charge in [0.1, 0.15) is 5.75 Å². The topological polar surface area (TPSA) is 67.5 Å². The van der Waals surface area contributed by atoms with Gasteiger partial charge in [-0.25, -0.2) is 0 Å². The summed E-state index contributed by atoms with van der Waals surface area (Å²) in [6, 6.07) is 5.62. The maximum Gasteiger partial charge on any atom is 0.143 e. The molecule has 1 fully saturated rings. The maximum atomic E-state index is 9.54. The highest BCUT2D eigenvalue weighted by molar-refractivity contribution is 5.62. The average Bonchev–Trinajstić information content (AvgIpc) is 2.81. The Kier molecular flexibility index (Phi) is 3.43. The van der Waals surface area contributed by atoms with E-state index in [0.29, 0.717) is 11.4 Å². The largest absolute Gasteiger partial charge is 0.495 e. The number of rotatable bonds is 4. The second-order valence-electron chi connectivity index (χ2n) is 4.73. The highest BCUT2D eigenvalue weighted by Crippen LogP contribution is 2.34. The summed E-state index contributed by atoms with van der Waals surface area (Å²) in [5, 5.41) is 13.0. The molecule has 0 atom stereocenters. The summed E-state index contributed by atoms with van der Waals surface area (Å²) in [6.45, 7) is 0.166. The van der Waals surface area contributed by atoms with Crippen LogP contribution in [0.1, 0.15) is 25.7 Å². The molecule has 1 aliphatic rings. The van der Waals surface area contributed by atoms with Crippen LogP contribution in [0, 0.1) is 0 Å². The fourth-order valence-electron chi connectivity index (χ4n) is 2.47. The number of aliphatic hydroxyl groups excluding tert-OH is 1. The van der Waals surface area contributed by atoms with Crippen LogP contribution in [0.3, 0.4) is 0 Å². The van der Waals surface area contributed by atoms with Crippen molar-refractivity contribution >= 4 is 11.4 Å². The van der Waals surface area contributed by atoms with E-state index < -0.39 is 0 Å². The first-order valence-electron chi connectivity index (χ1n) is 6.02. The van der Waals surface area contributed by atoms with Crippen molar-refractivity contribution in [2.75, 3.05) is 24.8 Å². The minimum absolute atomic E-state index is 0.166. The summed E-state index contributed by atoms with van der Waals surface area (Å²) in [5.74, 6) is 0.668. The van der Waals surface area contributed by atoms with Crippen molar-refractivity contribution < 1.29 is 9.84 Å². The number of nitrogens with one attached hydrogen (secondary N) is 1. The molecule has 1 aliphatic carbocycles. The molecular formula is C13H20N2O2. The zero-order valence-electron chi connectivity index (χ0n) is 10.2. The first-order chi connectivity index (χ1) is 8.19. The second kappa shape index (κ2) is 4.84. The lowest BCUT2D eigenvalue weighted by Crippen LogP contribution is -2.38. The number of hydrogen-bond donors (Lipinski definition) is 3. The fourth-order valence-corrected chi connectivity index (χ4v) is 2.47. The number of aliphatic hydroxyl groups is 1. The third-order valence-electron chi connectivity index (χ3n) is 3.51. The quantitative estimate of drug-likeness (QED) is 0.699. The third kappa shape index (κ3) is 2.47. The van der Waals surface area contributed by atoms with Gasteiger partial charge in [-0.05, 0) is 25.0 Å². The zero-order valence-corrected chi connectivity index (χ0v) is 10.2. The standard InChI is InChI=1S/C13H20N2O2/c1-17-12-8-10(4-5-11(12)14)15-13(9-16)6-2-3-7-13/h4-5,8,15-16H,2-3,6-7,9,14H2,1H3. The molecule has 2 rings (SSSR count). The molecule has 1 aromatic rings. The molecule has 1 aromatic carbocycles.